The minimum Gasteiger partial charge on any atom is -0.461 e. The zero-order chi connectivity index (χ0) is 20.8. The van der Waals surface area contributed by atoms with Crippen LogP contribution in [0.2, 0.25) is 0 Å². The Hall–Kier alpha value is -2.87. The Labute approximate surface area is 173 Å². The van der Waals surface area contributed by atoms with Crippen molar-refractivity contribution in [3.05, 3.63) is 48.2 Å². The van der Waals surface area contributed by atoms with Gasteiger partial charge >= 0.3 is 0 Å². The van der Waals surface area contributed by atoms with Gasteiger partial charge in [0.15, 0.2) is 22.5 Å². The Bertz CT molecular complexity index is 962. The Morgan fingerprint density at radius 3 is 2.55 bits per heavy atom. The van der Waals surface area contributed by atoms with Crippen molar-refractivity contribution in [3.63, 3.8) is 0 Å². The Morgan fingerprint density at radius 2 is 1.93 bits per heavy atom. The molecule has 0 saturated heterocycles. The summed E-state index contributed by atoms with van der Waals surface area (Å²) in [6.07, 6.45) is 2.01. The molecular weight excluding hydrogens is 388 g/mol. The number of furan rings is 1. The molecule has 1 amide bonds. The van der Waals surface area contributed by atoms with Gasteiger partial charge in [-0.25, -0.2) is 0 Å². The first-order chi connectivity index (χ1) is 14.0. The smallest absolute Gasteiger partial charge is 0.224 e. The number of benzene rings is 1. The van der Waals surface area contributed by atoms with Crippen LogP contribution >= 0.6 is 11.8 Å². The molecule has 0 fully saturated rings. The van der Waals surface area contributed by atoms with Crippen LogP contribution in [-0.2, 0) is 11.3 Å². The van der Waals surface area contributed by atoms with Crippen molar-refractivity contribution in [1.29, 1.82) is 0 Å². The minimum atomic E-state index is -0.0588. The number of thioether (sulfide) groups is 1. The number of anilines is 1. The number of Topliss-reactive ketones (excluding diaryl/α,β-unsaturated/α-hetero) is 1. The van der Waals surface area contributed by atoms with Gasteiger partial charge in [-0.2, -0.15) is 0 Å². The molecule has 0 saturated carbocycles. The van der Waals surface area contributed by atoms with Gasteiger partial charge in [0.2, 0.25) is 5.91 Å². The molecule has 0 aliphatic carbocycles. The van der Waals surface area contributed by atoms with Gasteiger partial charge in [0, 0.05) is 24.2 Å². The number of amides is 1. The van der Waals surface area contributed by atoms with E-state index in [0.29, 0.717) is 40.3 Å². The zero-order valence-corrected chi connectivity index (χ0v) is 17.5. The SMILES string of the molecule is CCC(=O)Nc1ccc(C(=O)CSc2nnc(-c3ccco3)n2CC(C)C)cc1. The van der Waals surface area contributed by atoms with Gasteiger partial charge in [0.1, 0.15) is 0 Å². The van der Waals surface area contributed by atoms with E-state index in [1.807, 2.05) is 16.7 Å². The number of nitrogens with one attached hydrogen (secondary N) is 1. The molecule has 3 aromatic rings. The van der Waals surface area contributed by atoms with Crippen molar-refractivity contribution in [1.82, 2.24) is 14.8 Å². The lowest BCUT2D eigenvalue weighted by molar-refractivity contribution is -0.115. The summed E-state index contributed by atoms with van der Waals surface area (Å²) in [5.74, 6) is 1.88. The second-order valence-corrected chi connectivity index (χ2v) is 7.92. The highest BCUT2D eigenvalue weighted by Gasteiger charge is 2.18. The maximum Gasteiger partial charge on any atom is 0.224 e. The highest BCUT2D eigenvalue weighted by atomic mass is 32.2. The summed E-state index contributed by atoms with van der Waals surface area (Å²) in [7, 11) is 0. The number of carbonyl (C=O) groups excluding carboxylic acids is 2. The van der Waals surface area contributed by atoms with E-state index in [1.165, 1.54) is 11.8 Å². The van der Waals surface area contributed by atoms with Crippen molar-refractivity contribution in [2.45, 2.75) is 38.9 Å². The van der Waals surface area contributed by atoms with E-state index in [1.54, 1.807) is 37.5 Å². The average Bonchev–Trinajstić information content (AvgIpc) is 3.36. The molecule has 0 bridgehead atoms. The zero-order valence-electron chi connectivity index (χ0n) is 16.7. The molecule has 7 nitrogen and oxygen atoms in total. The van der Waals surface area contributed by atoms with E-state index in [-0.39, 0.29) is 17.4 Å². The van der Waals surface area contributed by atoms with Crippen LogP contribution in [0.3, 0.4) is 0 Å². The summed E-state index contributed by atoms with van der Waals surface area (Å²) in [6.45, 7) is 6.75. The number of carbonyl (C=O) groups is 2. The van der Waals surface area contributed by atoms with Gasteiger partial charge in [-0.3, -0.25) is 14.2 Å². The molecule has 29 heavy (non-hydrogen) atoms. The molecule has 8 heteroatoms. The van der Waals surface area contributed by atoms with Crippen molar-refractivity contribution >= 4 is 29.1 Å². The van der Waals surface area contributed by atoms with Crippen LogP contribution in [0.25, 0.3) is 11.6 Å². The lowest BCUT2D eigenvalue weighted by atomic mass is 10.1. The number of hydrogen-bond donors (Lipinski definition) is 1. The fraction of sp³-hybridized carbons (Fsp3) is 0.333. The van der Waals surface area contributed by atoms with Gasteiger partial charge in [0.25, 0.3) is 0 Å². The Morgan fingerprint density at radius 1 is 1.17 bits per heavy atom. The lowest BCUT2D eigenvalue weighted by Gasteiger charge is -2.11. The van der Waals surface area contributed by atoms with Crippen LogP contribution in [0.5, 0.6) is 0 Å². The third-order valence-corrected chi connectivity index (χ3v) is 5.12. The van der Waals surface area contributed by atoms with E-state index in [9.17, 15) is 9.59 Å². The number of aromatic nitrogens is 3. The van der Waals surface area contributed by atoms with E-state index in [0.717, 1.165) is 6.54 Å². The maximum absolute atomic E-state index is 12.6. The molecular formula is C21H24N4O3S. The van der Waals surface area contributed by atoms with Gasteiger partial charge in [-0.05, 0) is 42.3 Å². The van der Waals surface area contributed by atoms with Gasteiger partial charge in [-0.15, -0.1) is 10.2 Å². The highest BCUT2D eigenvalue weighted by Crippen LogP contribution is 2.26. The summed E-state index contributed by atoms with van der Waals surface area (Å²) in [4.78, 5) is 24.0. The number of ketones is 1. The van der Waals surface area contributed by atoms with Crippen LogP contribution in [-0.4, -0.2) is 32.2 Å². The van der Waals surface area contributed by atoms with Crippen molar-refractivity contribution in [2.24, 2.45) is 5.92 Å². The average molecular weight is 413 g/mol. The molecule has 1 aromatic carbocycles. The second-order valence-electron chi connectivity index (χ2n) is 6.98. The van der Waals surface area contributed by atoms with Gasteiger partial charge in [0.05, 0.1) is 12.0 Å². The molecule has 0 radical (unpaired) electrons. The summed E-state index contributed by atoms with van der Waals surface area (Å²) in [5, 5.41) is 12.0. The van der Waals surface area contributed by atoms with Gasteiger partial charge < -0.3 is 9.73 Å². The summed E-state index contributed by atoms with van der Waals surface area (Å²) in [5.41, 5.74) is 1.27. The Kier molecular flexibility index (Phi) is 6.87. The molecule has 0 aliphatic heterocycles. The van der Waals surface area contributed by atoms with Crippen LogP contribution in [0.4, 0.5) is 5.69 Å². The molecule has 0 spiro atoms. The molecule has 152 valence electrons. The first kappa shape index (κ1) is 20.9. The van der Waals surface area contributed by atoms with Crippen molar-refractivity contribution in [3.8, 4) is 11.6 Å². The fourth-order valence-corrected chi connectivity index (χ4v) is 3.56. The van der Waals surface area contributed by atoms with Crippen LogP contribution in [0, 0.1) is 5.92 Å². The molecule has 0 aliphatic rings. The van der Waals surface area contributed by atoms with Crippen molar-refractivity contribution in [2.75, 3.05) is 11.1 Å². The highest BCUT2D eigenvalue weighted by molar-refractivity contribution is 7.99. The first-order valence-electron chi connectivity index (χ1n) is 9.51. The first-order valence-corrected chi connectivity index (χ1v) is 10.5. The molecule has 0 atom stereocenters. The molecule has 2 aromatic heterocycles. The summed E-state index contributed by atoms with van der Waals surface area (Å²) < 4.78 is 7.46. The lowest BCUT2D eigenvalue weighted by Crippen LogP contribution is -2.10. The quantitative estimate of drug-likeness (QED) is 0.411. The third kappa shape index (κ3) is 5.35. The topological polar surface area (TPSA) is 90.0 Å². The van der Waals surface area contributed by atoms with E-state index in [4.69, 9.17) is 4.42 Å². The summed E-state index contributed by atoms with van der Waals surface area (Å²) >= 11 is 1.36. The number of nitrogens with zero attached hydrogens (tertiary/aromatic N) is 3. The normalized spacial score (nSPS) is 11.0. The van der Waals surface area contributed by atoms with Crippen LogP contribution in [0.15, 0.2) is 52.2 Å². The Balaban J connectivity index is 1.69. The van der Waals surface area contributed by atoms with E-state index in [2.05, 4.69) is 29.4 Å². The van der Waals surface area contributed by atoms with E-state index < -0.39 is 0 Å². The largest absolute Gasteiger partial charge is 0.461 e. The van der Waals surface area contributed by atoms with Crippen molar-refractivity contribution < 1.29 is 14.0 Å². The standard InChI is InChI=1S/C21H24N4O3S/c1-4-19(27)22-16-9-7-15(8-10-16)17(26)13-29-21-24-23-20(18-6-5-11-28-18)25(21)12-14(2)3/h5-11,14H,4,12-13H2,1-3H3,(H,22,27). The summed E-state index contributed by atoms with van der Waals surface area (Å²) in [6, 6.07) is 10.6. The van der Waals surface area contributed by atoms with Crippen LogP contribution < -0.4 is 5.32 Å². The monoisotopic (exact) mass is 412 g/mol. The van der Waals surface area contributed by atoms with E-state index >= 15 is 0 Å². The molecule has 3 rings (SSSR count). The van der Waals surface area contributed by atoms with Gasteiger partial charge in [-0.1, -0.05) is 32.5 Å². The third-order valence-electron chi connectivity index (χ3n) is 4.15. The minimum absolute atomic E-state index is 0.0120. The second kappa shape index (κ2) is 9.56. The molecule has 2 heterocycles. The molecule has 1 N–H and O–H groups in total. The number of rotatable bonds is 9. The fourth-order valence-electron chi connectivity index (χ4n) is 2.72. The number of hydrogen-bond acceptors (Lipinski definition) is 6. The maximum atomic E-state index is 12.6. The predicted molar refractivity (Wildman–Crippen MR) is 113 cm³/mol. The molecule has 0 unspecified atom stereocenters. The van der Waals surface area contributed by atoms with Crippen LogP contribution in [0.1, 0.15) is 37.6 Å². The predicted octanol–water partition coefficient (Wildman–Crippen LogP) is 4.52.